The third kappa shape index (κ3) is 4.01. The van der Waals surface area contributed by atoms with Crippen molar-refractivity contribution in [1.29, 1.82) is 0 Å². The van der Waals surface area contributed by atoms with Crippen molar-refractivity contribution in [3.05, 3.63) is 77.9 Å². The van der Waals surface area contributed by atoms with Gasteiger partial charge in [0.2, 0.25) is 10.0 Å². The highest BCUT2D eigenvalue weighted by Crippen LogP contribution is 2.31. The van der Waals surface area contributed by atoms with Crippen LogP contribution in [0.25, 0.3) is 0 Å². The van der Waals surface area contributed by atoms with Gasteiger partial charge in [0.05, 0.1) is 4.90 Å². The number of sulfonamides is 1. The topological polar surface area (TPSA) is 93.2 Å². The maximum Gasteiger partial charge on any atom is 0.240 e. The highest BCUT2D eigenvalue weighted by Gasteiger charge is 2.31. The zero-order valence-corrected chi connectivity index (χ0v) is 16.0. The van der Waals surface area contributed by atoms with Crippen molar-refractivity contribution < 1.29 is 16.8 Å². The number of nitrogens with one attached hydrogen (secondary N) is 1. The number of benzene rings is 1. The minimum absolute atomic E-state index is 0.0819. The summed E-state index contributed by atoms with van der Waals surface area (Å²) in [5.74, 6) is 0. The van der Waals surface area contributed by atoms with Crippen molar-refractivity contribution in [3.8, 4) is 0 Å². The minimum Gasteiger partial charge on any atom is -0.264 e. The molecule has 0 bridgehead atoms. The van der Waals surface area contributed by atoms with Gasteiger partial charge in [-0.25, -0.2) is 21.6 Å². The summed E-state index contributed by atoms with van der Waals surface area (Å²) < 4.78 is 53.5. The summed E-state index contributed by atoms with van der Waals surface area (Å²) >= 11 is 1.10. The van der Waals surface area contributed by atoms with Gasteiger partial charge in [-0.15, -0.1) is 11.3 Å². The second kappa shape index (κ2) is 7.67. The van der Waals surface area contributed by atoms with E-state index in [4.69, 9.17) is 0 Å². The van der Waals surface area contributed by atoms with Crippen molar-refractivity contribution in [2.75, 3.05) is 6.54 Å². The van der Waals surface area contributed by atoms with E-state index in [1.807, 2.05) is 0 Å². The summed E-state index contributed by atoms with van der Waals surface area (Å²) in [5, 5.41) is 0.592. The molecule has 0 unspecified atom stereocenters. The smallest absolute Gasteiger partial charge is 0.240 e. The van der Waals surface area contributed by atoms with E-state index >= 15 is 0 Å². The molecule has 136 valence electrons. The first kappa shape index (κ1) is 18.7. The van der Waals surface area contributed by atoms with Crippen molar-refractivity contribution in [3.63, 3.8) is 0 Å². The Labute approximate surface area is 156 Å². The molecule has 1 atom stereocenters. The quantitative estimate of drug-likeness (QED) is 0.649. The highest BCUT2D eigenvalue weighted by molar-refractivity contribution is 7.93. The van der Waals surface area contributed by atoms with Crippen LogP contribution >= 0.6 is 11.3 Å². The Morgan fingerprint density at radius 3 is 2.35 bits per heavy atom. The number of thiophene rings is 1. The van der Waals surface area contributed by atoms with Crippen LogP contribution in [-0.2, 0) is 19.9 Å². The van der Waals surface area contributed by atoms with Gasteiger partial charge in [0.1, 0.15) is 9.46 Å². The maximum atomic E-state index is 13.0. The van der Waals surface area contributed by atoms with Crippen LogP contribution in [0, 0.1) is 0 Å². The zero-order chi connectivity index (χ0) is 18.6. The fourth-order valence-electron chi connectivity index (χ4n) is 2.41. The van der Waals surface area contributed by atoms with Gasteiger partial charge < -0.3 is 0 Å². The summed E-state index contributed by atoms with van der Waals surface area (Å²) in [4.78, 5) is 4.05. The lowest BCUT2D eigenvalue weighted by molar-refractivity contribution is 0.569. The number of hydrogen-bond donors (Lipinski definition) is 1. The molecule has 9 heteroatoms. The average molecular weight is 409 g/mol. The van der Waals surface area contributed by atoms with Gasteiger partial charge in [-0.1, -0.05) is 30.3 Å². The molecule has 3 rings (SSSR count). The minimum atomic E-state index is -3.82. The molecule has 26 heavy (non-hydrogen) atoms. The molecule has 0 aliphatic heterocycles. The van der Waals surface area contributed by atoms with Crippen LogP contribution in [0.4, 0.5) is 0 Å². The predicted molar refractivity (Wildman–Crippen MR) is 100 cm³/mol. The Morgan fingerprint density at radius 1 is 0.962 bits per heavy atom. The van der Waals surface area contributed by atoms with E-state index in [1.165, 1.54) is 30.6 Å². The number of aromatic nitrogens is 1. The van der Waals surface area contributed by atoms with Crippen LogP contribution < -0.4 is 4.72 Å². The SMILES string of the molecule is O=S(=O)(NC[C@H](c1cccnc1)S(=O)(=O)c1cccs1)c1ccccc1. The van der Waals surface area contributed by atoms with Crippen molar-refractivity contribution >= 4 is 31.2 Å². The lowest BCUT2D eigenvalue weighted by Gasteiger charge is -2.18. The summed E-state index contributed by atoms with van der Waals surface area (Å²) in [5.41, 5.74) is 0.427. The van der Waals surface area contributed by atoms with E-state index in [0.29, 0.717) is 5.56 Å². The van der Waals surface area contributed by atoms with Crippen LogP contribution in [0.1, 0.15) is 10.8 Å². The largest absolute Gasteiger partial charge is 0.264 e. The average Bonchev–Trinajstić information content (AvgIpc) is 3.19. The molecule has 1 aromatic carbocycles. The summed E-state index contributed by atoms with van der Waals surface area (Å²) in [6.45, 7) is -0.289. The van der Waals surface area contributed by atoms with Gasteiger partial charge in [0.15, 0.2) is 9.84 Å². The molecular formula is C17H16N2O4S3. The van der Waals surface area contributed by atoms with E-state index in [9.17, 15) is 16.8 Å². The van der Waals surface area contributed by atoms with E-state index in [1.54, 1.807) is 41.8 Å². The summed E-state index contributed by atoms with van der Waals surface area (Å²) in [7, 11) is -7.59. The molecule has 2 heterocycles. The van der Waals surface area contributed by atoms with Gasteiger partial charge >= 0.3 is 0 Å². The molecule has 6 nitrogen and oxygen atoms in total. The lowest BCUT2D eigenvalue weighted by atomic mass is 10.2. The van der Waals surface area contributed by atoms with Crippen LogP contribution in [0.5, 0.6) is 0 Å². The van der Waals surface area contributed by atoms with E-state index < -0.39 is 25.1 Å². The first-order chi connectivity index (χ1) is 12.4. The van der Waals surface area contributed by atoms with Crippen molar-refractivity contribution in [2.45, 2.75) is 14.4 Å². The normalized spacial score (nSPS) is 13.4. The number of pyridine rings is 1. The fraction of sp³-hybridized carbons (Fsp3) is 0.118. The third-order valence-corrected chi connectivity index (χ3v) is 8.69. The van der Waals surface area contributed by atoms with Gasteiger partial charge in [0.25, 0.3) is 0 Å². The summed E-state index contributed by atoms with van der Waals surface area (Å²) in [6, 6.07) is 14.2. The molecule has 1 N–H and O–H groups in total. The molecule has 0 saturated heterocycles. The third-order valence-electron chi connectivity index (χ3n) is 3.72. The standard InChI is InChI=1S/C17H16N2O4S3/c20-25(21,17-9-5-11-24-17)16(14-6-4-10-18-12-14)13-19-26(22,23)15-7-2-1-3-8-15/h1-12,16,19H,13H2/t16-/m1/s1. The summed E-state index contributed by atoms with van der Waals surface area (Å²) in [6.07, 6.45) is 2.97. The first-order valence-corrected chi connectivity index (χ1v) is 11.5. The van der Waals surface area contributed by atoms with Gasteiger partial charge in [0, 0.05) is 18.9 Å². The van der Waals surface area contributed by atoms with Crippen molar-refractivity contribution in [2.24, 2.45) is 0 Å². The number of sulfone groups is 1. The molecular weight excluding hydrogens is 392 g/mol. The second-order valence-electron chi connectivity index (χ2n) is 5.42. The molecule has 0 saturated carbocycles. The molecule has 0 amide bonds. The molecule has 0 aliphatic carbocycles. The predicted octanol–water partition coefficient (Wildman–Crippen LogP) is 2.64. The van der Waals surface area contributed by atoms with Crippen LogP contribution in [-0.4, -0.2) is 28.4 Å². The Kier molecular flexibility index (Phi) is 5.52. The van der Waals surface area contributed by atoms with Gasteiger partial charge in [-0.05, 0) is 35.2 Å². The number of nitrogens with zero attached hydrogens (tertiary/aromatic N) is 1. The van der Waals surface area contributed by atoms with Gasteiger partial charge in [-0.3, -0.25) is 4.98 Å². The van der Waals surface area contributed by atoms with Crippen LogP contribution in [0.2, 0.25) is 0 Å². The van der Waals surface area contributed by atoms with Gasteiger partial charge in [-0.2, -0.15) is 0 Å². The molecule has 0 fully saturated rings. The molecule has 3 aromatic rings. The lowest BCUT2D eigenvalue weighted by Crippen LogP contribution is -2.31. The van der Waals surface area contributed by atoms with E-state index in [2.05, 4.69) is 9.71 Å². The van der Waals surface area contributed by atoms with E-state index in [0.717, 1.165) is 11.3 Å². The monoisotopic (exact) mass is 408 g/mol. The molecule has 0 spiro atoms. The Bertz CT molecular complexity index is 1050. The Balaban J connectivity index is 1.93. The molecule has 2 aromatic heterocycles. The fourth-order valence-corrected chi connectivity index (χ4v) is 6.43. The second-order valence-corrected chi connectivity index (χ2v) is 10.5. The number of rotatable bonds is 7. The Hall–Kier alpha value is -2.07. The maximum absolute atomic E-state index is 13.0. The first-order valence-electron chi connectivity index (χ1n) is 7.63. The highest BCUT2D eigenvalue weighted by atomic mass is 32.2. The zero-order valence-electron chi connectivity index (χ0n) is 13.5. The van der Waals surface area contributed by atoms with E-state index in [-0.39, 0.29) is 15.6 Å². The van der Waals surface area contributed by atoms with Crippen molar-refractivity contribution in [1.82, 2.24) is 9.71 Å². The molecule has 0 aliphatic rings. The van der Waals surface area contributed by atoms with Crippen LogP contribution in [0.15, 0.2) is 81.5 Å². The molecule has 0 radical (unpaired) electrons. The van der Waals surface area contributed by atoms with Crippen LogP contribution in [0.3, 0.4) is 0 Å². The Morgan fingerprint density at radius 2 is 1.73 bits per heavy atom. The number of hydrogen-bond acceptors (Lipinski definition) is 6.